The molecule has 4 nitrogen and oxygen atoms in total. The monoisotopic (exact) mass is 380 g/mol. The summed E-state index contributed by atoms with van der Waals surface area (Å²) in [6.45, 7) is 11.4. The van der Waals surface area contributed by atoms with E-state index in [1.54, 1.807) is 0 Å². The molecule has 1 amide bonds. The molecule has 1 fully saturated rings. The maximum atomic E-state index is 12.7. The van der Waals surface area contributed by atoms with E-state index in [2.05, 4.69) is 43.4 Å². The second-order valence-corrected chi connectivity index (χ2v) is 8.16. The highest BCUT2D eigenvalue weighted by Crippen LogP contribution is 2.16. The second-order valence-electron chi connectivity index (χ2n) is 8.16. The van der Waals surface area contributed by atoms with Crippen LogP contribution in [0.3, 0.4) is 0 Å². The molecule has 1 N–H and O–H groups in total. The van der Waals surface area contributed by atoms with Gasteiger partial charge in [-0.1, -0.05) is 50.2 Å². The van der Waals surface area contributed by atoms with Crippen LogP contribution in [0.15, 0.2) is 48.5 Å². The number of hydrogen-bond donors (Lipinski definition) is 1. The Bertz CT molecular complexity index is 758. The normalized spacial score (nSPS) is 19.8. The van der Waals surface area contributed by atoms with Gasteiger partial charge < -0.3 is 15.0 Å². The van der Waals surface area contributed by atoms with E-state index in [0.717, 1.165) is 18.7 Å². The van der Waals surface area contributed by atoms with Gasteiger partial charge in [0.25, 0.3) is 5.91 Å². The van der Waals surface area contributed by atoms with Gasteiger partial charge in [-0.05, 0) is 48.6 Å². The van der Waals surface area contributed by atoms with Crippen molar-refractivity contribution in [3.63, 3.8) is 0 Å². The molecule has 150 valence electrons. The van der Waals surface area contributed by atoms with Crippen LogP contribution in [0.25, 0.3) is 0 Å². The number of nitrogens with one attached hydrogen (secondary N) is 1. The molecule has 1 aliphatic heterocycles. The number of carbonyl (C=O) groups is 1. The molecule has 0 aliphatic carbocycles. The van der Waals surface area contributed by atoms with E-state index in [1.165, 1.54) is 16.7 Å². The molecule has 2 aromatic carbocycles. The van der Waals surface area contributed by atoms with E-state index in [9.17, 15) is 4.79 Å². The Morgan fingerprint density at radius 2 is 1.46 bits per heavy atom. The highest BCUT2D eigenvalue weighted by atomic mass is 16.5. The fourth-order valence-electron chi connectivity index (χ4n) is 3.66. The summed E-state index contributed by atoms with van der Waals surface area (Å²) < 4.78 is 5.72. The average Bonchev–Trinajstić information content (AvgIpc) is 2.67. The zero-order valence-electron chi connectivity index (χ0n) is 17.4. The topological polar surface area (TPSA) is 41.6 Å². The van der Waals surface area contributed by atoms with E-state index in [0.29, 0.717) is 19.0 Å². The van der Waals surface area contributed by atoms with Gasteiger partial charge in [-0.2, -0.15) is 0 Å². The number of nitrogens with zero attached hydrogens (tertiary/aromatic N) is 1. The molecular weight excluding hydrogens is 348 g/mol. The van der Waals surface area contributed by atoms with E-state index >= 15 is 0 Å². The standard InChI is InChI=1S/C24H32N2O2/c1-17(2)22-9-5-20(6-10-22)13-25-14-21-7-11-23(12-8-21)24(27)26-15-18(3)28-19(4)16-26/h5-12,17-19,25H,13-16H2,1-4H3. The molecular formula is C24H32N2O2. The fourth-order valence-corrected chi connectivity index (χ4v) is 3.66. The fraction of sp³-hybridized carbons (Fsp3) is 0.458. The van der Waals surface area contributed by atoms with Crippen molar-refractivity contribution in [2.45, 2.75) is 58.9 Å². The molecule has 0 bridgehead atoms. The Balaban J connectivity index is 1.50. The van der Waals surface area contributed by atoms with Gasteiger partial charge in [-0.25, -0.2) is 0 Å². The van der Waals surface area contributed by atoms with Crippen molar-refractivity contribution >= 4 is 5.91 Å². The molecule has 0 radical (unpaired) electrons. The summed E-state index contributed by atoms with van der Waals surface area (Å²) in [5, 5.41) is 3.48. The van der Waals surface area contributed by atoms with Gasteiger partial charge in [0.1, 0.15) is 0 Å². The van der Waals surface area contributed by atoms with Gasteiger partial charge in [0.2, 0.25) is 0 Å². The van der Waals surface area contributed by atoms with Crippen molar-refractivity contribution in [2.75, 3.05) is 13.1 Å². The molecule has 4 heteroatoms. The van der Waals surface area contributed by atoms with Crippen molar-refractivity contribution in [3.05, 3.63) is 70.8 Å². The number of morpholine rings is 1. The highest BCUT2D eigenvalue weighted by Gasteiger charge is 2.26. The van der Waals surface area contributed by atoms with Gasteiger partial charge in [0.15, 0.2) is 0 Å². The summed E-state index contributed by atoms with van der Waals surface area (Å²) in [5.41, 5.74) is 4.58. The number of rotatable bonds is 6. The lowest BCUT2D eigenvalue weighted by molar-refractivity contribution is -0.0586. The van der Waals surface area contributed by atoms with Gasteiger partial charge in [0.05, 0.1) is 12.2 Å². The quantitative estimate of drug-likeness (QED) is 0.810. The average molecular weight is 381 g/mol. The molecule has 3 rings (SSSR count). The van der Waals surface area contributed by atoms with Crippen molar-refractivity contribution in [2.24, 2.45) is 0 Å². The van der Waals surface area contributed by atoms with Crippen LogP contribution in [0.4, 0.5) is 0 Å². The predicted octanol–water partition coefficient (Wildman–Crippen LogP) is 4.35. The highest BCUT2D eigenvalue weighted by molar-refractivity contribution is 5.94. The first kappa shape index (κ1) is 20.6. The number of hydrogen-bond acceptors (Lipinski definition) is 3. The summed E-state index contributed by atoms with van der Waals surface area (Å²) in [4.78, 5) is 14.6. The van der Waals surface area contributed by atoms with Crippen LogP contribution in [0.1, 0.15) is 60.7 Å². The van der Waals surface area contributed by atoms with Gasteiger partial charge in [-0.3, -0.25) is 4.79 Å². The smallest absolute Gasteiger partial charge is 0.254 e. The third-order valence-corrected chi connectivity index (χ3v) is 5.21. The number of amides is 1. The molecule has 0 aromatic heterocycles. The van der Waals surface area contributed by atoms with Crippen LogP contribution in [-0.4, -0.2) is 36.1 Å². The first-order chi connectivity index (χ1) is 13.4. The van der Waals surface area contributed by atoms with Crippen LogP contribution in [-0.2, 0) is 17.8 Å². The lowest BCUT2D eigenvalue weighted by Crippen LogP contribution is -2.48. The Kier molecular flexibility index (Phi) is 6.87. The Labute approximate surface area is 168 Å². The van der Waals surface area contributed by atoms with Crippen molar-refractivity contribution < 1.29 is 9.53 Å². The molecule has 0 spiro atoms. The first-order valence-corrected chi connectivity index (χ1v) is 10.3. The minimum absolute atomic E-state index is 0.0887. The molecule has 1 saturated heterocycles. The summed E-state index contributed by atoms with van der Waals surface area (Å²) in [6, 6.07) is 16.7. The number of ether oxygens (including phenoxy) is 1. The molecule has 2 aromatic rings. The SMILES string of the molecule is CC1CN(C(=O)c2ccc(CNCc3ccc(C(C)C)cc3)cc2)CC(C)O1. The van der Waals surface area contributed by atoms with Crippen LogP contribution in [0, 0.1) is 0 Å². The van der Waals surface area contributed by atoms with E-state index in [4.69, 9.17) is 4.74 Å². The second kappa shape index (κ2) is 9.35. The number of benzene rings is 2. The molecule has 1 aliphatic rings. The summed E-state index contributed by atoms with van der Waals surface area (Å²) in [5.74, 6) is 0.652. The van der Waals surface area contributed by atoms with Crippen molar-refractivity contribution in [1.82, 2.24) is 10.2 Å². The van der Waals surface area contributed by atoms with E-state index in [1.807, 2.05) is 43.0 Å². The van der Waals surface area contributed by atoms with Crippen LogP contribution < -0.4 is 5.32 Å². The third kappa shape index (κ3) is 5.43. The lowest BCUT2D eigenvalue weighted by atomic mass is 10.0. The molecule has 0 saturated carbocycles. The Morgan fingerprint density at radius 3 is 1.96 bits per heavy atom. The van der Waals surface area contributed by atoms with Crippen LogP contribution in [0.2, 0.25) is 0 Å². The number of carbonyl (C=O) groups excluding carboxylic acids is 1. The zero-order chi connectivity index (χ0) is 20.1. The van der Waals surface area contributed by atoms with Crippen LogP contribution in [0.5, 0.6) is 0 Å². The molecule has 2 unspecified atom stereocenters. The Hall–Kier alpha value is -2.17. The third-order valence-electron chi connectivity index (χ3n) is 5.21. The van der Waals surface area contributed by atoms with Crippen molar-refractivity contribution in [3.8, 4) is 0 Å². The van der Waals surface area contributed by atoms with Crippen molar-refractivity contribution in [1.29, 1.82) is 0 Å². The van der Waals surface area contributed by atoms with Gasteiger partial charge in [0, 0.05) is 31.7 Å². The largest absolute Gasteiger partial charge is 0.372 e. The molecule has 2 atom stereocenters. The first-order valence-electron chi connectivity index (χ1n) is 10.3. The lowest BCUT2D eigenvalue weighted by Gasteiger charge is -2.35. The van der Waals surface area contributed by atoms with E-state index < -0.39 is 0 Å². The molecule has 28 heavy (non-hydrogen) atoms. The van der Waals surface area contributed by atoms with Gasteiger partial charge >= 0.3 is 0 Å². The Morgan fingerprint density at radius 1 is 0.964 bits per heavy atom. The van der Waals surface area contributed by atoms with Gasteiger partial charge in [-0.15, -0.1) is 0 Å². The maximum Gasteiger partial charge on any atom is 0.254 e. The zero-order valence-corrected chi connectivity index (χ0v) is 17.4. The summed E-state index contributed by atoms with van der Waals surface area (Å²) >= 11 is 0. The minimum Gasteiger partial charge on any atom is -0.372 e. The minimum atomic E-state index is 0.0887. The van der Waals surface area contributed by atoms with Crippen LogP contribution >= 0.6 is 0 Å². The molecule has 1 heterocycles. The predicted molar refractivity (Wildman–Crippen MR) is 113 cm³/mol. The summed E-state index contributed by atoms with van der Waals surface area (Å²) in [6.07, 6.45) is 0.177. The maximum absolute atomic E-state index is 12.7. The van der Waals surface area contributed by atoms with E-state index in [-0.39, 0.29) is 18.1 Å². The summed E-state index contributed by atoms with van der Waals surface area (Å²) in [7, 11) is 0.